The van der Waals surface area contributed by atoms with Crippen LogP contribution < -0.4 is 14.8 Å². The molecule has 0 atom stereocenters. The predicted octanol–water partition coefficient (Wildman–Crippen LogP) is 6.33. The first-order valence-electron chi connectivity index (χ1n) is 12.1. The van der Waals surface area contributed by atoms with Crippen molar-refractivity contribution in [2.75, 3.05) is 19.8 Å². The minimum Gasteiger partial charge on any atom is -0.490 e. The van der Waals surface area contributed by atoms with E-state index in [2.05, 4.69) is 5.32 Å². The highest BCUT2D eigenvalue weighted by molar-refractivity contribution is 6.32. The van der Waals surface area contributed by atoms with Crippen LogP contribution in [0.2, 0.25) is 10.0 Å². The maximum absolute atomic E-state index is 13.1. The van der Waals surface area contributed by atoms with E-state index < -0.39 is 17.9 Å². The van der Waals surface area contributed by atoms with Crippen LogP contribution in [0.4, 0.5) is 0 Å². The van der Waals surface area contributed by atoms with Crippen molar-refractivity contribution in [2.24, 2.45) is 0 Å². The molecule has 0 aliphatic carbocycles. The van der Waals surface area contributed by atoms with Crippen LogP contribution >= 0.6 is 23.2 Å². The van der Waals surface area contributed by atoms with Gasteiger partial charge in [-0.1, -0.05) is 35.3 Å². The Kier molecular flexibility index (Phi) is 9.89. The molecule has 0 saturated heterocycles. The molecule has 0 aromatic heterocycles. The third kappa shape index (κ3) is 6.59. The van der Waals surface area contributed by atoms with E-state index in [1.807, 2.05) is 19.1 Å². The first kappa shape index (κ1) is 28.4. The Hall–Kier alpha value is -3.16. The van der Waals surface area contributed by atoms with Gasteiger partial charge in [-0.3, -0.25) is 0 Å². The van der Waals surface area contributed by atoms with E-state index in [9.17, 15) is 9.59 Å². The maximum Gasteiger partial charge on any atom is 0.336 e. The number of allylic oxidation sites excluding steroid dienone is 2. The van der Waals surface area contributed by atoms with E-state index in [0.29, 0.717) is 51.2 Å². The van der Waals surface area contributed by atoms with Crippen molar-refractivity contribution in [3.8, 4) is 11.5 Å². The summed E-state index contributed by atoms with van der Waals surface area (Å²) in [4.78, 5) is 26.2. The fraction of sp³-hybridized carbons (Fsp3) is 0.357. The molecule has 7 nitrogen and oxygen atoms in total. The van der Waals surface area contributed by atoms with Gasteiger partial charge in [0.05, 0.1) is 41.9 Å². The Labute approximate surface area is 227 Å². The van der Waals surface area contributed by atoms with Gasteiger partial charge in [-0.15, -0.1) is 0 Å². The van der Waals surface area contributed by atoms with Gasteiger partial charge >= 0.3 is 11.9 Å². The third-order valence-electron chi connectivity index (χ3n) is 5.71. The molecule has 0 unspecified atom stereocenters. The number of carbonyl (C=O) groups excluding carboxylic acids is 2. The van der Waals surface area contributed by atoms with Crippen molar-refractivity contribution in [3.05, 3.63) is 80.1 Å². The molecule has 198 valence electrons. The average molecular weight is 548 g/mol. The summed E-state index contributed by atoms with van der Waals surface area (Å²) in [6.07, 6.45) is 0. The zero-order valence-electron chi connectivity index (χ0n) is 21.6. The molecule has 1 aliphatic rings. The van der Waals surface area contributed by atoms with Crippen molar-refractivity contribution in [3.63, 3.8) is 0 Å². The van der Waals surface area contributed by atoms with Crippen LogP contribution in [0.5, 0.6) is 11.5 Å². The highest BCUT2D eigenvalue weighted by Gasteiger charge is 2.38. The standard InChI is InChI=1S/C28H31Cl2NO6/c1-6-34-22-14-19(13-21(30)26(22)37-15-18-9-11-20(29)12-10-18)25-23(27(32)35-7-2)16(4)31-17(5)24(25)28(33)36-8-3/h9-14,25,31H,6-8,15H2,1-5H3. The molecule has 0 saturated carbocycles. The zero-order chi connectivity index (χ0) is 27.1. The van der Waals surface area contributed by atoms with Gasteiger partial charge in [-0.05, 0) is 70.0 Å². The number of benzene rings is 2. The van der Waals surface area contributed by atoms with Gasteiger partial charge in [0.2, 0.25) is 0 Å². The Morgan fingerprint density at radius 3 is 1.92 bits per heavy atom. The highest BCUT2D eigenvalue weighted by Crippen LogP contribution is 2.45. The minimum absolute atomic E-state index is 0.183. The topological polar surface area (TPSA) is 83.1 Å². The summed E-state index contributed by atoms with van der Waals surface area (Å²) in [6.45, 7) is 9.78. The molecule has 3 rings (SSSR count). The Balaban J connectivity index is 2.11. The Morgan fingerprint density at radius 2 is 1.41 bits per heavy atom. The number of halogens is 2. The molecule has 2 aromatic carbocycles. The number of nitrogens with one attached hydrogen (secondary N) is 1. The highest BCUT2D eigenvalue weighted by atomic mass is 35.5. The van der Waals surface area contributed by atoms with Crippen molar-refractivity contribution in [1.29, 1.82) is 0 Å². The summed E-state index contributed by atoms with van der Waals surface area (Å²) in [5.74, 6) is -1.12. The molecule has 0 spiro atoms. The van der Waals surface area contributed by atoms with Crippen LogP contribution in [0.25, 0.3) is 0 Å². The van der Waals surface area contributed by atoms with Crippen molar-refractivity contribution in [1.82, 2.24) is 5.32 Å². The van der Waals surface area contributed by atoms with E-state index in [0.717, 1.165) is 5.56 Å². The van der Waals surface area contributed by atoms with E-state index >= 15 is 0 Å². The summed E-state index contributed by atoms with van der Waals surface area (Å²) < 4.78 is 22.6. The van der Waals surface area contributed by atoms with Crippen molar-refractivity contribution >= 4 is 35.1 Å². The van der Waals surface area contributed by atoms with Crippen LogP contribution in [0.1, 0.15) is 51.7 Å². The molecule has 0 fully saturated rings. The molecule has 37 heavy (non-hydrogen) atoms. The first-order valence-corrected chi connectivity index (χ1v) is 12.8. The summed E-state index contributed by atoms with van der Waals surface area (Å²) in [6, 6.07) is 10.7. The lowest BCUT2D eigenvalue weighted by Crippen LogP contribution is -2.32. The summed E-state index contributed by atoms with van der Waals surface area (Å²) in [5.41, 5.74) is 3.21. The van der Waals surface area contributed by atoms with Gasteiger partial charge in [0.15, 0.2) is 11.5 Å². The average Bonchev–Trinajstić information content (AvgIpc) is 2.84. The molecular weight excluding hydrogens is 517 g/mol. The lowest BCUT2D eigenvalue weighted by molar-refractivity contribution is -0.139. The van der Waals surface area contributed by atoms with Gasteiger partial charge in [0.1, 0.15) is 6.61 Å². The van der Waals surface area contributed by atoms with Gasteiger partial charge < -0.3 is 24.3 Å². The number of carbonyl (C=O) groups is 2. The smallest absolute Gasteiger partial charge is 0.336 e. The molecule has 0 radical (unpaired) electrons. The maximum atomic E-state index is 13.1. The number of esters is 2. The van der Waals surface area contributed by atoms with E-state index in [-0.39, 0.29) is 24.8 Å². The largest absolute Gasteiger partial charge is 0.490 e. The van der Waals surface area contributed by atoms with Gasteiger partial charge in [0, 0.05) is 16.4 Å². The number of dihydropyridines is 1. The van der Waals surface area contributed by atoms with E-state index in [1.54, 1.807) is 52.0 Å². The molecule has 0 bridgehead atoms. The summed E-state index contributed by atoms with van der Waals surface area (Å²) >= 11 is 12.7. The van der Waals surface area contributed by atoms with Crippen LogP contribution in [0.3, 0.4) is 0 Å². The molecule has 2 aromatic rings. The van der Waals surface area contributed by atoms with Gasteiger partial charge in [-0.2, -0.15) is 0 Å². The number of hydrogen-bond donors (Lipinski definition) is 1. The first-order chi connectivity index (χ1) is 17.7. The molecule has 1 aliphatic heterocycles. The Bertz CT molecular complexity index is 1180. The predicted molar refractivity (Wildman–Crippen MR) is 143 cm³/mol. The Morgan fingerprint density at radius 1 is 0.838 bits per heavy atom. The van der Waals surface area contributed by atoms with Crippen LogP contribution in [-0.4, -0.2) is 31.8 Å². The minimum atomic E-state index is -0.790. The summed E-state index contributed by atoms with van der Waals surface area (Å²) in [5, 5.41) is 4.03. The fourth-order valence-electron chi connectivity index (χ4n) is 4.18. The van der Waals surface area contributed by atoms with Crippen LogP contribution in [0, 0.1) is 0 Å². The second-order valence-corrected chi connectivity index (χ2v) is 9.10. The van der Waals surface area contributed by atoms with Gasteiger partial charge in [0.25, 0.3) is 0 Å². The van der Waals surface area contributed by atoms with Crippen molar-refractivity contribution < 1.29 is 28.5 Å². The third-order valence-corrected chi connectivity index (χ3v) is 6.25. The second-order valence-electron chi connectivity index (χ2n) is 8.25. The molecule has 1 N–H and O–H groups in total. The zero-order valence-corrected chi connectivity index (χ0v) is 23.1. The number of hydrogen-bond acceptors (Lipinski definition) is 7. The summed E-state index contributed by atoms with van der Waals surface area (Å²) in [7, 11) is 0. The number of ether oxygens (including phenoxy) is 4. The second kappa shape index (κ2) is 12.9. The lowest BCUT2D eigenvalue weighted by Gasteiger charge is -2.31. The fourth-order valence-corrected chi connectivity index (χ4v) is 4.58. The van der Waals surface area contributed by atoms with E-state index in [1.165, 1.54) is 0 Å². The normalized spacial score (nSPS) is 13.8. The van der Waals surface area contributed by atoms with Crippen molar-refractivity contribution in [2.45, 2.75) is 47.1 Å². The number of rotatable bonds is 10. The van der Waals surface area contributed by atoms with Gasteiger partial charge in [-0.25, -0.2) is 9.59 Å². The quantitative estimate of drug-likeness (QED) is 0.348. The molecular formula is C28H31Cl2NO6. The van der Waals surface area contributed by atoms with E-state index in [4.69, 9.17) is 42.1 Å². The molecule has 1 heterocycles. The monoisotopic (exact) mass is 547 g/mol. The van der Waals surface area contributed by atoms with Crippen LogP contribution in [0.15, 0.2) is 58.9 Å². The lowest BCUT2D eigenvalue weighted by atomic mass is 9.80. The molecule has 0 amide bonds. The molecule has 9 heteroatoms. The SMILES string of the molecule is CCOC(=O)C1=C(C)NC(C)=C(C(=O)OCC)C1c1cc(Cl)c(OCc2ccc(Cl)cc2)c(OCC)c1. The van der Waals surface area contributed by atoms with Crippen LogP contribution in [-0.2, 0) is 25.7 Å².